The van der Waals surface area contributed by atoms with Crippen LogP contribution in [0.5, 0.6) is 0 Å². The Morgan fingerprint density at radius 1 is 1.43 bits per heavy atom. The lowest BCUT2D eigenvalue weighted by molar-refractivity contribution is -0.131. The van der Waals surface area contributed by atoms with Gasteiger partial charge >= 0.3 is 5.97 Å². The molecule has 0 atom stereocenters. The lowest BCUT2D eigenvalue weighted by Gasteiger charge is -2.05. The third-order valence-corrected chi connectivity index (χ3v) is 3.95. The number of aryl methyl sites for hydroxylation is 1. The number of thiazole rings is 1. The van der Waals surface area contributed by atoms with Crippen LogP contribution in [0.2, 0.25) is 5.02 Å². The molecule has 0 radical (unpaired) electrons. The number of nitrogens with zero attached hydrogens (tertiary/aromatic N) is 1. The van der Waals surface area contributed by atoms with Crippen molar-refractivity contribution < 1.29 is 14.7 Å². The summed E-state index contributed by atoms with van der Waals surface area (Å²) in [6.07, 6.45) is 3.91. The van der Waals surface area contributed by atoms with Crippen LogP contribution in [-0.4, -0.2) is 22.0 Å². The van der Waals surface area contributed by atoms with Crippen LogP contribution in [-0.2, 0) is 4.79 Å². The number of rotatable bonds is 4. The molecule has 2 N–H and O–H groups in total. The summed E-state index contributed by atoms with van der Waals surface area (Å²) in [4.78, 5) is 27.2. The molecule has 1 heterocycles. The summed E-state index contributed by atoms with van der Waals surface area (Å²) in [5, 5.41) is 12.0. The Labute approximate surface area is 129 Å². The van der Waals surface area contributed by atoms with Gasteiger partial charge in [-0.05, 0) is 24.6 Å². The Kier molecular flexibility index (Phi) is 4.72. The second kappa shape index (κ2) is 6.51. The third-order valence-electron chi connectivity index (χ3n) is 2.57. The highest BCUT2D eigenvalue weighted by Crippen LogP contribution is 2.23. The van der Waals surface area contributed by atoms with Crippen LogP contribution in [0.15, 0.2) is 30.5 Å². The summed E-state index contributed by atoms with van der Waals surface area (Å²) >= 11 is 7.26. The van der Waals surface area contributed by atoms with Gasteiger partial charge in [-0.3, -0.25) is 10.1 Å². The second-order valence-corrected chi connectivity index (χ2v) is 5.57. The van der Waals surface area contributed by atoms with Gasteiger partial charge in [-0.1, -0.05) is 35.1 Å². The smallest absolute Gasteiger partial charge is 0.328 e. The highest BCUT2D eigenvalue weighted by molar-refractivity contribution is 7.16. The molecule has 1 amide bonds. The predicted molar refractivity (Wildman–Crippen MR) is 82.9 cm³/mol. The average Bonchev–Trinajstić information content (AvgIpc) is 2.87. The predicted octanol–water partition coefficient (Wildman–Crippen LogP) is 3.46. The van der Waals surface area contributed by atoms with E-state index in [2.05, 4.69) is 10.3 Å². The minimum atomic E-state index is -1.04. The van der Waals surface area contributed by atoms with Crippen molar-refractivity contribution in [3.05, 3.63) is 51.5 Å². The normalized spacial score (nSPS) is 10.8. The number of nitrogens with one attached hydrogen (secondary N) is 1. The number of anilines is 1. The quantitative estimate of drug-likeness (QED) is 0.845. The number of carbonyl (C=O) groups is 2. The molecule has 0 bridgehead atoms. The molecule has 2 rings (SSSR count). The number of hydrogen-bond acceptors (Lipinski definition) is 4. The molecule has 0 aliphatic rings. The van der Waals surface area contributed by atoms with Crippen LogP contribution in [0.4, 0.5) is 5.13 Å². The van der Waals surface area contributed by atoms with Gasteiger partial charge in [0, 0.05) is 17.2 Å². The van der Waals surface area contributed by atoms with Crippen molar-refractivity contribution in [2.75, 3.05) is 5.32 Å². The first kappa shape index (κ1) is 15.2. The summed E-state index contributed by atoms with van der Waals surface area (Å²) < 4.78 is 0. The van der Waals surface area contributed by atoms with E-state index in [1.807, 2.05) is 13.0 Å². The van der Waals surface area contributed by atoms with Crippen molar-refractivity contribution in [1.82, 2.24) is 4.98 Å². The zero-order valence-electron chi connectivity index (χ0n) is 11.0. The van der Waals surface area contributed by atoms with Gasteiger partial charge in [0.1, 0.15) is 0 Å². The van der Waals surface area contributed by atoms with Crippen LogP contribution in [0, 0.1) is 6.92 Å². The number of aliphatic carboxylic acids is 1. The molecule has 0 saturated carbocycles. The standard InChI is InChI=1S/C14H11ClN2O3S/c1-8-3-2-4-10(12(8)15)13(20)17-14-16-7-9(21-14)5-6-11(18)19/h2-7H,1H3,(H,18,19)(H,16,17,20)/b6-5+. The van der Waals surface area contributed by atoms with E-state index in [1.165, 1.54) is 23.6 Å². The van der Waals surface area contributed by atoms with E-state index in [9.17, 15) is 9.59 Å². The number of amides is 1. The van der Waals surface area contributed by atoms with Crippen LogP contribution < -0.4 is 5.32 Å². The molecule has 0 aliphatic heterocycles. The van der Waals surface area contributed by atoms with Gasteiger partial charge < -0.3 is 5.11 Å². The van der Waals surface area contributed by atoms with E-state index in [4.69, 9.17) is 16.7 Å². The minimum Gasteiger partial charge on any atom is -0.478 e. The van der Waals surface area contributed by atoms with Gasteiger partial charge in [0.2, 0.25) is 0 Å². The van der Waals surface area contributed by atoms with Crippen molar-refractivity contribution in [2.45, 2.75) is 6.92 Å². The monoisotopic (exact) mass is 322 g/mol. The van der Waals surface area contributed by atoms with Crippen LogP contribution in [0.3, 0.4) is 0 Å². The Balaban J connectivity index is 2.13. The summed E-state index contributed by atoms with van der Waals surface area (Å²) in [6.45, 7) is 1.82. The van der Waals surface area contributed by atoms with Gasteiger partial charge in [-0.2, -0.15) is 0 Å². The van der Waals surface area contributed by atoms with Crippen LogP contribution in [0.1, 0.15) is 20.8 Å². The molecule has 1 aromatic heterocycles. The van der Waals surface area contributed by atoms with Gasteiger partial charge in [-0.15, -0.1) is 0 Å². The Morgan fingerprint density at radius 3 is 2.90 bits per heavy atom. The lowest BCUT2D eigenvalue weighted by Crippen LogP contribution is -2.12. The number of carbonyl (C=O) groups excluding carboxylic acids is 1. The summed E-state index contributed by atoms with van der Waals surface area (Å²) in [5.41, 5.74) is 1.18. The fraction of sp³-hybridized carbons (Fsp3) is 0.0714. The van der Waals surface area contributed by atoms with E-state index >= 15 is 0 Å². The first-order valence-electron chi connectivity index (χ1n) is 5.90. The van der Waals surface area contributed by atoms with Crippen molar-refractivity contribution in [1.29, 1.82) is 0 Å². The zero-order valence-corrected chi connectivity index (χ0v) is 12.5. The van der Waals surface area contributed by atoms with Gasteiger partial charge in [-0.25, -0.2) is 9.78 Å². The molecule has 5 nitrogen and oxygen atoms in total. The molecule has 0 spiro atoms. The number of benzene rings is 1. The summed E-state index contributed by atoms with van der Waals surface area (Å²) in [6, 6.07) is 5.19. The summed E-state index contributed by atoms with van der Waals surface area (Å²) in [7, 11) is 0. The van der Waals surface area contributed by atoms with E-state index in [0.717, 1.165) is 11.6 Å². The van der Waals surface area contributed by atoms with Gasteiger partial charge in [0.15, 0.2) is 5.13 Å². The molecular formula is C14H11ClN2O3S. The average molecular weight is 323 g/mol. The maximum Gasteiger partial charge on any atom is 0.328 e. The Hall–Kier alpha value is -2.18. The van der Waals surface area contributed by atoms with Crippen molar-refractivity contribution in [3.8, 4) is 0 Å². The molecule has 0 aliphatic carbocycles. The van der Waals surface area contributed by atoms with Crippen LogP contribution in [0.25, 0.3) is 6.08 Å². The first-order chi connectivity index (χ1) is 9.97. The fourth-order valence-electron chi connectivity index (χ4n) is 1.56. The molecular weight excluding hydrogens is 312 g/mol. The SMILES string of the molecule is Cc1cccc(C(=O)Nc2ncc(/C=C/C(=O)O)s2)c1Cl. The van der Waals surface area contributed by atoms with Crippen molar-refractivity contribution >= 4 is 46.0 Å². The molecule has 7 heteroatoms. The third kappa shape index (κ3) is 3.90. The largest absolute Gasteiger partial charge is 0.478 e. The molecule has 1 aromatic carbocycles. The zero-order chi connectivity index (χ0) is 15.4. The van der Waals surface area contributed by atoms with E-state index in [1.54, 1.807) is 12.1 Å². The number of carboxylic acids is 1. The van der Waals surface area contributed by atoms with E-state index < -0.39 is 5.97 Å². The molecule has 21 heavy (non-hydrogen) atoms. The highest BCUT2D eigenvalue weighted by atomic mass is 35.5. The Bertz CT molecular complexity index is 725. The number of carboxylic acid groups (broad SMARTS) is 1. The van der Waals surface area contributed by atoms with Gasteiger partial charge in [0.05, 0.1) is 10.6 Å². The number of halogens is 1. The topological polar surface area (TPSA) is 79.3 Å². The molecule has 0 fully saturated rings. The van der Waals surface area contributed by atoms with E-state index in [-0.39, 0.29) is 5.91 Å². The first-order valence-corrected chi connectivity index (χ1v) is 7.10. The minimum absolute atomic E-state index is 0.355. The molecule has 108 valence electrons. The van der Waals surface area contributed by atoms with E-state index in [0.29, 0.717) is 20.6 Å². The van der Waals surface area contributed by atoms with Crippen molar-refractivity contribution in [3.63, 3.8) is 0 Å². The maximum atomic E-state index is 12.1. The highest BCUT2D eigenvalue weighted by Gasteiger charge is 2.13. The van der Waals surface area contributed by atoms with Crippen molar-refractivity contribution in [2.24, 2.45) is 0 Å². The number of hydrogen-bond donors (Lipinski definition) is 2. The molecule has 0 unspecified atom stereocenters. The lowest BCUT2D eigenvalue weighted by atomic mass is 10.1. The number of aromatic nitrogens is 1. The maximum absolute atomic E-state index is 12.1. The fourth-order valence-corrected chi connectivity index (χ4v) is 2.49. The molecule has 2 aromatic rings. The van der Waals surface area contributed by atoms with Gasteiger partial charge in [0.25, 0.3) is 5.91 Å². The molecule has 0 saturated heterocycles. The second-order valence-electron chi connectivity index (χ2n) is 4.13. The summed E-state index contributed by atoms with van der Waals surface area (Å²) in [5.74, 6) is -1.40. The Morgan fingerprint density at radius 2 is 2.19 bits per heavy atom. The van der Waals surface area contributed by atoms with Crippen LogP contribution >= 0.6 is 22.9 Å².